The summed E-state index contributed by atoms with van der Waals surface area (Å²) >= 11 is 0. The number of rotatable bonds is 4. The van der Waals surface area contributed by atoms with Gasteiger partial charge in [0.25, 0.3) is 5.91 Å². The zero-order valence-corrected chi connectivity index (χ0v) is 9.51. The summed E-state index contributed by atoms with van der Waals surface area (Å²) in [6.07, 6.45) is 3.25. The van der Waals surface area contributed by atoms with Crippen LogP contribution in [-0.4, -0.2) is 27.4 Å². The van der Waals surface area contributed by atoms with Crippen LogP contribution < -0.4 is 11.1 Å². The molecule has 1 aromatic carbocycles. The van der Waals surface area contributed by atoms with Crippen LogP contribution in [0.15, 0.2) is 30.6 Å². The highest BCUT2D eigenvalue weighted by atomic mass is 19.1. The molecule has 0 unspecified atom stereocenters. The van der Waals surface area contributed by atoms with E-state index < -0.39 is 5.82 Å². The predicted molar refractivity (Wildman–Crippen MR) is 63.2 cm³/mol. The van der Waals surface area contributed by atoms with Crippen LogP contribution in [0.25, 0.3) is 0 Å². The van der Waals surface area contributed by atoms with Crippen LogP contribution in [0, 0.1) is 5.82 Å². The van der Waals surface area contributed by atoms with Gasteiger partial charge in [0.1, 0.15) is 5.82 Å². The normalized spacial score (nSPS) is 10.3. The Morgan fingerprint density at radius 3 is 3.00 bits per heavy atom. The van der Waals surface area contributed by atoms with E-state index >= 15 is 0 Å². The molecule has 0 aliphatic rings. The number of aromatic nitrogens is 3. The third-order valence-electron chi connectivity index (χ3n) is 2.36. The maximum absolute atomic E-state index is 12.8. The quantitative estimate of drug-likeness (QED) is 0.769. The van der Waals surface area contributed by atoms with Crippen LogP contribution in [0.1, 0.15) is 10.4 Å². The first-order chi connectivity index (χ1) is 8.66. The maximum Gasteiger partial charge on any atom is 0.253 e. The van der Waals surface area contributed by atoms with Gasteiger partial charge in [0, 0.05) is 18.4 Å². The monoisotopic (exact) mass is 249 g/mol. The SMILES string of the molecule is Nc1cc(F)ccc1C(=O)NCCn1ccnn1. The number of carbonyl (C=O) groups excluding carboxylic acids is 1. The molecular formula is C11H12FN5O. The molecule has 0 bridgehead atoms. The van der Waals surface area contributed by atoms with Gasteiger partial charge in [-0.15, -0.1) is 5.10 Å². The number of amides is 1. The Balaban J connectivity index is 1.91. The number of benzene rings is 1. The highest BCUT2D eigenvalue weighted by Crippen LogP contribution is 2.12. The van der Waals surface area contributed by atoms with E-state index in [1.807, 2.05) is 0 Å². The van der Waals surface area contributed by atoms with Crippen molar-refractivity contribution in [2.24, 2.45) is 0 Å². The van der Waals surface area contributed by atoms with Crippen molar-refractivity contribution >= 4 is 11.6 Å². The molecule has 0 spiro atoms. The van der Waals surface area contributed by atoms with Crippen molar-refractivity contribution in [1.29, 1.82) is 0 Å². The molecule has 0 aliphatic heterocycles. The molecule has 7 heteroatoms. The maximum atomic E-state index is 12.8. The summed E-state index contributed by atoms with van der Waals surface area (Å²) in [6, 6.07) is 3.67. The minimum Gasteiger partial charge on any atom is -0.398 e. The van der Waals surface area contributed by atoms with E-state index in [4.69, 9.17) is 5.73 Å². The minimum atomic E-state index is -0.466. The first-order valence-electron chi connectivity index (χ1n) is 5.34. The summed E-state index contributed by atoms with van der Waals surface area (Å²) in [5.74, 6) is -0.806. The second-order valence-corrected chi connectivity index (χ2v) is 3.65. The number of anilines is 1. The molecule has 2 aromatic rings. The number of halogens is 1. The number of hydrogen-bond acceptors (Lipinski definition) is 4. The lowest BCUT2D eigenvalue weighted by atomic mass is 10.1. The highest BCUT2D eigenvalue weighted by molar-refractivity contribution is 5.99. The van der Waals surface area contributed by atoms with Crippen molar-refractivity contribution in [3.8, 4) is 0 Å². The Bertz CT molecular complexity index is 540. The van der Waals surface area contributed by atoms with Gasteiger partial charge in [-0.25, -0.2) is 4.39 Å². The van der Waals surface area contributed by atoms with Gasteiger partial charge in [0.15, 0.2) is 0 Å². The van der Waals surface area contributed by atoms with Gasteiger partial charge in [-0.05, 0) is 18.2 Å². The Morgan fingerprint density at radius 1 is 1.50 bits per heavy atom. The predicted octanol–water partition coefficient (Wildman–Crippen LogP) is 0.429. The Labute approximate surface area is 103 Å². The van der Waals surface area contributed by atoms with Gasteiger partial charge in [0.05, 0.1) is 18.3 Å². The van der Waals surface area contributed by atoms with Crippen LogP contribution in [0.3, 0.4) is 0 Å². The lowest BCUT2D eigenvalue weighted by Gasteiger charge is -2.07. The molecule has 1 aromatic heterocycles. The fourth-order valence-corrected chi connectivity index (χ4v) is 1.47. The third-order valence-corrected chi connectivity index (χ3v) is 2.36. The van der Waals surface area contributed by atoms with Gasteiger partial charge in [-0.2, -0.15) is 0 Å². The van der Waals surface area contributed by atoms with E-state index in [-0.39, 0.29) is 17.2 Å². The van der Waals surface area contributed by atoms with Crippen molar-refractivity contribution in [3.05, 3.63) is 42.0 Å². The topological polar surface area (TPSA) is 85.8 Å². The third kappa shape index (κ3) is 2.82. The van der Waals surface area contributed by atoms with Gasteiger partial charge in [0.2, 0.25) is 0 Å². The standard InChI is InChI=1S/C11H12FN5O/c12-8-1-2-9(10(13)7-8)11(18)14-3-5-17-6-4-15-16-17/h1-2,4,6-7H,3,5,13H2,(H,14,18). The molecular weight excluding hydrogens is 237 g/mol. The molecule has 0 fully saturated rings. The first kappa shape index (κ1) is 12.0. The van der Waals surface area contributed by atoms with Crippen molar-refractivity contribution in [2.75, 3.05) is 12.3 Å². The summed E-state index contributed by atoms with van der Waals surface area (Å²) in [6.45, 7) is 0.895. The van der Waals surface area contributed by atoms with E-state index in [1.165, 1.54) is 12.1 Å². The lowest BCUT2D eigenvalue weighted by molar-refractivity contribution is 0.0952. The van der Waals surface area contributed by atoms with Crippen LogP contribution in [0.4, 0.5) is 10.1 Å². The minimum absolute atomic E-state index is 0.119. The van der Waals surface area contributed by atoms with Gasteiger partial charge >= 0.3 is 0 Å². The van der Waals surface area contributed by atoms with E-state index in [2.05, 4.69) is 15.6 Å². The second-order valence-electron chi connectivity index (χ2n) is 3.65. The number of nitrogens with two attached hydrogens (primary N) is 1. The summed E-state index contributed by atoms with van der Waals surface area (Å²) < 4.78 is 14.4. The molecule has 2 rings (SSSR count). The highest BCUT2D eigenvalue weighted by Gasteiger charge is 2.09. The largest absolute Gasteiger partial charge is 0.398 e. The molecule has 0 radical (unpaired) electrons. The van der Waals surface area contributed by atoms with Gasteiger partial charge in [-0.3, -0.25) is 9.48 Å². The van der Waals surface area contributed by atoms with E-state index in [1.54, 1.807) is 17.1 Å². The smallest absolute Gasteiger partial charge is 0.253 e. The van der Waals surface area contributed by atoms with Crippen molar-refractivity contribution < 1.29 is 9.18 Å². The van der Waals surface area contributed by atoms with Crippen molar-refractivity contribution in [2.45, 2.75) is 6.54 Å². The molecule has 0 atom stereocenters. The summed E-state index contributed by atoms with van der Waals surface area (Å²) in [7, 11) is 0. The van der Waals surface area contributed by atoms with Gasteiger partial charge < -0.3 is 11.1 Å². The fourth-order valence-electron chi connectivity index (χ4n) is 1.47. The lowest BCUT2D eigenvalue weighted by Crippen LogP contribution is -2.28. The summed E-state index contributed by atoms with van der Waals surface area (Å²) in [5.41, 5.74) is 5.94. The van der Waals surface area contributed by atoms with Crippen molar-refractivity contribution in [3.63, 3.8) is 0 Å². The zero-order chi connectivity index (χ0) is 13.0. The van der Waals surface area contributed by atoms with Crippen LogP contribution >= 0.6 is 0 Å². The number of nitrogens with zero attached hydrogens (tertiary/aromatic N) is 3. The molecule has 1 heterocycles. The Morgan fingerprint density at radius 2 is 2.33 bits per heavy atom. The number of hydrogen-bond donors (Lipinski definition) is 2. The number of carbonyl (C=O) groups is 1. The van der Waals surface area contributed by atoms with E-state index in [0.717, 1.165) is 6.07 Å². The average Bonchev–Trinajstić information content (AvgIpc) is 2.81. The molecule has 6 nitrogen and oxygen atoms in total. The fraction of sp³-hybridized carbons (Fsp3) is 0.182. The van der Waals surface area contributed by atoms with Crippen LogP contribution in [0.2, 0.25) is 0 Å². The van der Waals surface area contributed by atoms with Crippen LogP contribution in [-0.2, 0) is 6.54 Å². The molecule has 0 aliphatic carbocycles. The molecule has 0 saturated carbocycles. The first-order valence-corrected chi connectivity index (χ1v) is 5.34. The van der Waals surface area contributed by atoms with E-state index in [9.17, 15) is 9.18 Å². The Kier molecular flexibility index (Phi) is 3.52. The number of nitrogen functional groups attached to an aromatic ring is 1. The molecule has 1 amide bonds. The van der Waals surface area contributed by atoms with Gasteiger partial charge in [-0.1, -0.05) is 5.21 Å². The average molecular weight is 249 g/mol. The second kappa shape index (κ2) is 5.26. The van der Waals surface area contributed by atoms with Crippen LogP contribution in [0.5, 0.6) is 0 Å². The molecule has 3 N–H and O–H groups in total. The summed E-state index contributed by atoms with van der Waals surface area (Å²) in [5, 5.41) is 10.1. The molecule has 18 heavy (non-hydrogen) atoms. The molecule has 94 valence electrons. The Hall–Kier alpha value is -2.44. The summed E-state index contributed by atoms with van der Waals surface area (Å²) in [4.78, 5) is 11.7. The van der Waals surface area contributed by atoms with Crippen molar-refractivity contribution in [1.82, 2.24) is 20.3 Å². The van der Waals surface area contributed by atoms with E-state index in [0.29, 0.717) is 13.1 Å². The molecule has 0 saturated heterocycles. The number of nitrogens with one attached hydrogen (secondary N) is 1. The zero-order valence-electron chi connectivity index (χ0n) is 9.51.